The molecule has 0 spiro atoms. The van der Waals surface area contributed by atoms with E-state index in [-0.39, 0.29) is 0 Å². The lowest BCUT2D eigenvalue weighted by atomic mass is 10.2. The van der Waals surface area contributed by atoms with Crippen LogP contribution in [0.5, 0.6) is 0 Å². The van der Waals surface area contributed by atoms with Crippen LogP contribution in [0.3, 0.4) is 0 Å². The first-order valence-electron chi connectivity index (χ1n) is 7.12. The Balaban J connectivity index is 2.02. The van der Waals surface area contributed by atoms with Gasteiger partial charge in [0.25, 0.3) is 0 Å². The highest BCUT2D eigenvalue weighted by Gasteiger charge is 2.02. The molecular weight excluding hydrogens is 224 g/mol. The number of nitrogens with one attached hydrogen (secondary N) is 1. The van der Waals surface area contributed by atoms with Crippen molar-refractivity contribution in [1.29, 1.82) is 0 Å². The fourth-order valence-electron chi connectivity index (χ4n) is 1.79. The van der Waals surface area contributed by atoms with E-state index in [0.29, 0.717) is 6.04 Å². The van der Waals surface area contributed by atoms with E-state index in [2.05, 4.69) is 50.2 Å². The van der Waals surface area contributed by atoms with Gasteiger partial charge in [-0.05, 0) is 59.0 Å². The van der Waals surface area contributed by atoms with Crippen LogP contribution in [0.25, 0.3) is 0 Å². The van der Waals surface area contributed by atoms with Crippen molar-refractivity contribution in [2.45, 2.75) is 52.6 Å². The zero-order valence-electron chi connectivity index (χ0n) is 12.3. The minimum atomic E-state index is 0.647. The van der Waals surface area contributed by atoms with Gasteiger partial charge in [0.1, 0.15) is 11.5 Å². The Morgan fingerprint density at radius 2 is 1.94 bits per heavy atom. The molecule has 0 fully saturated rings. The average molecular weight is 252 g/mol. The van der Waals surface area contributed by atoms with E-state index in [4.69, 9.17) is 4.42 Å². The van der Waals surface area contributed by atoms with Crippen LogP contribution in [-0.2, 0) is 13.0 Å². The molecule has 0 saturated heterocycles. The molecule has 0 radical (unpaired) electrons. The quantitative estimate of drug-likeness (QED) is 0.685. The molecule has 1 heterocycles. The molecule has 0 aliphatic rings. The van der Waals surface area contributed by atoms with Crippen LogP contribution in [0.2, 0.25) is 0 Å². The molecule has 0 amide bonds. The number of hydrogen-bond acceptors (Lipinski definition) is 3. The number of rotatable bonds is 9. The maximum Gasteiger partial charge on any atom is 0.117 e. The number of unbranched alkanes of at least 4 members (excludes halogenated alkanes) is 1. The van der Waals surface area contributed by atoms with Crippen molar-refractivity contribution in [3.63, 3.8) is 0 Å². The highest BCUT2D eigenvalue weighted by molar-refractivity contribution is 5.06. The normalized spacial score (nSPS) is 11.7. The van der Waals surface area contributed by atoms with Gasteiger partial charge >= 0.3 is 0 Å². The van der Waals surface area contributed by atoms with Crippen molar-refractivity contribution in [1.82, 2.24) is 10.2 Å². The number of hydrogen-bond donors (Lipinski definition) is 1. The lowest BCUT2D eigenvalue weighted by molar-refractivity contribution is 0.267. The van der Waals surface area contributed by atoms with Gasteiger partial charge in [-0.15, -0.1) is 0 Å². The zero-order valence-corrected chi connectivity index (χ0v) is 12.3. The second-order valence-electron chi connectivity index (χ2n) is 5.18. The molecule has 1 rings (SSSR count). The molecule has 0 saturated carbocycles. The summed E-state index contributed by atoms with van der Waals surface area (Å²) in [5.74, 6) is 2.12. The van der Waals surface area contributed by atoms with Crippen LogP contribution >= 0.6 is 0 Å². The number of aryl methyl sites for hydroxylation is 1. The lowest BCUT2D eigenvalue weighted by Gasteiger charge is -2.20. The van der Waals surface area contributed by atoms with Crippen molar-refractivity contribution in [2.24, 2.45) is 0 Å². The van der Waals surface area contributed by atoms with Crippen molar-refractivity contribution in [2.75, 3.05) is 20.1 Å². The SMILES string of the molecule is CCc1ccc(CNCCCCN(C)C(C)C)o1. The van der Waals surface area contributed by atoms with Crippen LogP contribution in [0.1, 0.15) is 45.1 Å². The molecule has 1 N–H and O–H groups in total. The van der Waals surface area contributed by atoms with E-state index in [0.717, 1.165) is 31.0 Å². The molecule has 1 aromatic rings. The van der Waals surface area contributed by atoms with Crippen LogP contribution in [-0.4, -0.2) is 31.1 Å². The van der Waals surface area contributed by atoms with Gasteiger partial charge in [-0.2, -0.15) is 0 Å². The Morgan fingerprint density at radius 1 is 1.22 bits per heavy atom. The Morgan fingerprint density at radius 3 is 2.56 bits per heavy atom. The first-order chi connectivity index (χ1) is 8.63. The first-order valence-corrected chi connectivity index (χ1v) is 7.12. The second kappa shape index (κ2) is 8.33. The Labute approximate surface area is 112 Å². The average Bonchev–Trinajstić information content (AvgIpc) is 2.81. The monoisotopic (exact) mass is 252 g/mol. The smallest absolute Gasteiger partial charge is 0.117 e. The Hall–Kier alpha value is -0.800. The summed E-state index contributed by atoms with van der Waals surface area (Å²) in [6, 6.07) is 4.78. The first kappa shape index (κ1) is 15.3. The summed E-state index contributed by atoms with van der Waals surface area (Å²) in [5.41, 5.74) is 0. The van der Waals surface area contributed by atoms with Gasteiger partial charge in [-0.1, -0.05) is 6.92 Å². The summed E-state index contributed by atoms with van der Waals surface area (Å²) in [5, 5.41) is 3.43. The van der Waals surface area contributed by atoms with Gasteiger partial charge < -0.3 is 14.6 Å². The maximum atomic E-state index is 5.64. The summed E-state index contributed by atoms with van der Waals surface area (Å²) >= 11 is 0. The van der Waals surface area contributed by atoms with E-state index >= 15 is 0 Å². The molecule has 3 nitrogen and oxygen atoms in total. The molecule has 0 unspecified atom stereocenters. The molecule has 0 bridgehead atoms. The zero-order chi connectivity index (χ0) is 13.4. The summed E-state index contributed by atoms with van der Waals surface area (Å²) in [4.78, 5) is 2.39. The molecule has 104 valence electrons. The third-order valence-electron chi connectivity index (χ3n) is 3.36. The van der Waals surface area contributed by atoms with Gasteiger partial charge in [0.15, 0.2) is 0 Å². The maximum absolute atomic E-state index is 5.64. The Bertz CT molecular complexity index is 320. The molecule has 0 atom stereocenters. The largest absolute Gasteiger partial charge is 0.465 e. The minimum absolute atomic E-state index is 0.647. The van der Waals surface area contributed by atoms with E-state index in [9.17, 15) is 0 Å². The molecule has 0 aliphatic carbocycles. The summed E-state index contributed by atoms with van der Waals surface area (Å²) in [6.07, 6.45) is 3.44. The number of nitrogens with zero attached hydrogens (tertiary/aromatic N) is 1. The van der Waals surface area contributed by atoms with Gasteiger partial charge in [0.05, 0.1) is 6.54 Å². The summed E-state index contributed by atoms with van der Waals surface area (Å²) < 4.78 is 5.64. The van der Waals surface area contributed by atoms with Crippen LogP contribution in [0, 0.1) is 0 Å². The highest BCUT2D eigenvalue weighted by atomic mass is 16.3. The van der Waals surface area contributed by atoms with Crippen molar-refractivity contribution >= 4 is 0 Å². The van der Waals surface area contributed by atoms with Gasteiger partial charge in [0, 0.05) is 12.5 Å². The Kier molecular flexibility index (Phi) is 7.06. The minimum Gasteiger partial charge on any atom is -0.465 e. The third-order valence-corrected chi connectivity index (χ3v) is 3.36. The van der Waals surface area contributed by atoms with Crippen molar-refractivity contribution < 1.29 is 4.42 Å². The van der Waals surface area contributed by atoms with E-state index < -0.39 is 0 Å². The number of furan rings is 1. The standard InChI is InChI=1S/C15H28N2O/c1-5-14-8-9-15(18-14)12-16-10-6-7-11-17(4)13(2)3/h8-9,13,16H,5-7,10-12H2,1-4H3. The van der Waals surface area contributed by atoms with E-state index in [1.165, 1.54) is 19.4 Å². The van der Waals surface area contributed by atoms with Gasteiger partial charge in [-0.3, -0.25) is 0 Å². The van der Waals surface area contributed by atoms with E-state index in [1.54, 1.807) is 0 Å². The summed E-state index contributed by atoms with van der Waals surface area (Å²) in [7, 11) is 2.19. The van der Waals surface area contributed by atoms with E-state index in [1.807, 2.05) is 0 Å². The predicted octanol–water partition coefficient (Wildman–Crippen LogP) is 3.05. The molecule has 0 aliphatic heterocycles. The molecule has 3 heteroatoms. The molecular formula is C15H28N2O. The summed E-state index contributed by atoms with van der Waals surface area (Å²) in [6.45, 7) is 9.68. The van der Waals surface area contributed by atoms with Gasteiger partial charge in [-0.25, -0.2) is 0 Å². The van der Waals surface area contributed by atoms with Gasteiger partial charge in [0.2, 0.25) is 0 Å². The lowest BCUT2D eigenvalue weighted by Crippen LogP contribution is -2.27. The van der Waals surface area contributed by atoms with Crippen LogP contribution in [0.4, 0.5) is 0 Å². The third kappa shape index (κ3) is 5.69. The predicted molar refractivity (Wildman–Crippen MR) is 76.8 cm³/mol. The molecule has 1 aromatic heterocycles. The molecule has 0 aromatic carbocycles. The van der Waals surface area contributed by atoms with Crippen LogP contribution in [0.15, 0.2) is 16.5 Å². The van der Waals surface area contributed by atoms with Crippen LogP contribution < -0.4 is 5.32 Å². The highest BCUT2D eigenvalue weighted by Crippen LogP contribution is 2.07. The fraction of sp³-hybridized carbons (Fsp3) is 0.733. The fourth-order valence-corrected chi connectivity index (χ4v) is 1.79. The van der Waals surface area contributed by atoms with Crippen molar-refractivity contribution in [3.05, 3.63) is 23.7 Å². The topological polar surface area (TPSA) is 28.4 Å². The second-order valence-corrected chi connectivity index (χ2v) is 5.18. The molecule has 18 heavy (non-hydrogen) atoms. The van der Waals surface area contributed by atoms with Crippen molar-refractivity contribution in [3.8, 4) is 0 Å².